The van der Waals surface area contributed by atoms with Gasteiger partial charge in [-0.2, -0.15) is 0 Å². The van der Waals surface area contributed by atoms with Gasteiger partial charge in [0.15, 0.2) is 9.84 Å². The fraction of sp³-hybridized carbons (Fsp3) is 0.414. The quantitative estimate of drug-likeness (QED) is 0.102. The highest BCUT2D eigenvalue weighted by Crippen LogP contribution is 2.14. The number of sulfone groups is 1. The highest BCUT2D eigenvalue weighted by molar-refractivity contribution is 7.94. The number of guanidine groups is 1. The summed E-state index contributed by atoms with van der Waals surface area (Å²) in [5.41, 5.74) is 11.6. The molecule has 1 aliphatic heterocycles. The Morgan fingerprint density at radius 3 is 2.18 bits per heavy atom. The number of hydrogen-bond acceptors (Lipinski definition) is 7. The van der Waals surface area contributed by atoms with Gasteiger partial charge in [0.2, 0.25) is 11.9 Å². The lowest BCUT2D eigenvalue weighted by Gasteiger charge is -2.33. The Hall–Kier alpha value is -3.52. The average Bonchev–Trinajstić information content (AvgIpc) is 2.98. The van der Waals surface area contributed by atoms with Crippen LogP contribution in [0.5, 0.6) is 0 Å². The molecule has 3 amide bonds. The molecule has 1 aliphatic rings. The predicted molar refractivity (Wildman–Crippen MR) is 176 cm³/mol. The third kappa shape index (κ3) is 13.4. The van der Waals surface area contributed by atoms with E-state index in [0.717, 1.165) is 24.1 Å². The van der Waals surface area contributed by atoms with Crippen LogP contribution < -0.4 is 22.1 Å². The maximum Gasteiger partial charge on any atom is 0.318 e. The third-order valence-corrected chi connectivity index (χ3v) is 8.22. The number of amides is 3. The summed E-state index contributed by atoms with van der Waals surface area (Å²) in [4.78, 5) is 35.6. The number of benzene rings is 2. The van der Waals surface area contributed by atoms with Crippen LogP contribution in [0.4, 0.5) is 4.79 Å². The Balaban J connectivity index is 0.00000484. The summed E-state index contributed by atoms with van der Waals surface area (Å²) in [5.74, 6) is -0.648. The molecule has 244 valence electrons. The number of piperazine rings is 1. The highest BCUT2D eigenvalue weighted by Gasteiger charge is 2.26. The molecule has 0 aromatic heterocycles. The second-order valence-corrected chi connectivity index (χ2v) is 11.9. The molecule has 2 atom stereocenters. The van der Waals surface area contributed by atoms with Gasteiger partial charge < -0.3 is 36.7 Å². The van der Waals surface area contributed by atoms with Crippen LogP contribution in [-0.2, 0) is 25.9 Å². The number of halogens is 2. The van der Waals surface area contributed by atoms with Crippen molar-refractivity contribution >= 4 is 52.5 Å². The third-order valence-electron chi connectivity index (χ3n) is 6.78. The van der Waals surface area contributed by atoms with Crippen LogP contribution in [0.2, 0.25) is 0 Å². The molecule has 1 saturated heterocycles. The molecule has 1 heterocycles. The molecule has 12 nitrogen and oxygen atoms in total. The van der Waals surface area contributed by atoms with Gasteiger partial charge in [-0.3, -0.25) is 4.79 Å². The monoisotopic (exact) mass is 671 g/mol. The Morgan fingerprint density at radius 2 is 1.57 bits per heavy atom. The Bertz CT molecular complexity index is 1310. The lowest BCUT2D eigenvalue weighted by molar-refractivity contribution is -0.123. The van der Waals surface area contributed by atoms with Gasteiger partial charge in [-0.15, -0.1) is 24.8 Å². The number of carbonyl (C=O) groups excluding carboxylic acids is 2. The Kier molecular flexibility index (Phi) is 17.2. The second kappa shape index (κ2) is 19.7. The molecule has 2 aromatic carbocycles. The molecule has 0 aliphatic carbocycles. The van der Waals surface area contributed by atoms with Crippen LogP contribution in [0.15, 0.2) is 82.2 Å². The van der Waals surface area contributed by atoms with Crippen LogP contribution in [0.25, 0.3) is 0 Å². The van der Waals surface area contributed by atoms with Gasteiger partial charge in [-0.1, -0.05) is 54.6 Å². The molecule has 0 unspecified atom stereocenters. The molecule has 15 heteroatoms. The number of rotatable bonds is 14. The lowest BCUT2D eigenvalue weighted by atomic mass is 10.0. The molecule has 1 fully saturated rings. The molecule has 6 N–H and O–H groups in total. The number of carbonyl (C=O) groups is 2. The SMILES string of the molecule is CN1CCN(C(=O)N[C@@H](CCCON=C(N)N)C(=O)N[C@H](/C=C/S(=O)(=O)c2ccccc2)CCc2ccccc2)CC1.Cl.Cl. The highest BCUT2D eigenvalue weighted by atomic mass is 35.5. The molecular formula is C29H43Cl2N7O5S. The van der Waals surface area contributed by atoms with E-state index in [0.29, 0.717) is 32.4 Å². The van der Waals surface area contributed by atoms with Crippen molar-refractivity contribution in [3.63, 3.8) is 0 Å². The predicted octanol–water partition coefficient (Wildman–Crippen LogP) is 2.25. The van der Waals surface area contributed by atoms with Crippen LogP contribution in [0.3, 0.4) is 0 Å². The van der Waals surface area contributed by atoms with Gasteiger partial charge in [0.05, 0.1) is 4.90 Å². The number of nitrogens with one attached hydrogen (secondary N) is 2. The Morgan fingerprint density at radius 1 is 0.955 bits per heavy atom. The minimum absolute atomic E-state index is 0. The lowest BCUT2D eigenvalue weighted by Crippen LogP contribution is -2.56. The number of oxime groups is 1. The fourth-order valence-electron chi connectivity index (χ4n) is 4.34. The van der Waals surface area contributed by atoms with Crippen molar-refractivity contribution in [3.05, 3.63) is 77.7 Å². The summed E-state index contributed by atoms with van der Waals surface area (Å²) in [7, 11) is -1.73. The molecular weight excluding hydrogens is 629 g/mol. The number of hydrogen-bond donors (Lipinski definition) is 4. The number of aryl methyl sites for hydroxylation is 1. The van der Waals surface area contributed by atoms with E-state index in [-0.39, 0.29) is 54.7 Å². The van der Waals surface area contributed by atoms with E-state index in [1.807, 2.05) is 37.4 Å². The first-order chi connectivity index (χ1) is 20.1. The zero-order valence-corrected chi connectivity index (χ0v) is 27.2. The zero-order chi connectivity index (χ0) is 30.4. The molecule has 3 rings (SSSR count). The molecule has 0 spiro atoms. The van der Waals surface area contributed by atoms with Crippen molar-refractivity contribution in [1.82, 2.24) is 20.4 Å². The van der Waals surface area contributed by atoms with E-state index in [9.17, 15) is 18.0 Å². The number of urea groups is 1. The van der Waals surface area contributed by atoms with Gasteiger partial charge in [-0.05, 0) is 55.6 Å². The van der Waals surface area contributed by atoms with Crippen LogP contribution in [0.1, 0.15) is 24.8 Å². The van der Waals surface area contributed by atoms with Crippen LogP contribution >= 0.6 is 24.8 Å². The van der Waals surface area contributed by atoms with Gasteiger partial charge in [0, 0.05) is 37.6 Å². The molecule has 0 radical (unpaired) electrons. The minimum Gasteiger partial charge on any atom is -0.393 e. The first-order valence-corrected chi connectivity index (χ1v) is 15.5. The summed E-state index contributed by atoms with van der Waals surface area (Å²) >= 11 is 0. The summed E-state index contributed by atoms with van der Waals surface area (Å²) in [6.07, 6.45) is 3.17. The largest absolute Gasteiger partial charge is 0.393 e. The van der Waals surface area contributed by atoms with Gasteiger partial charge in [0.1, 0.15) is 12.6 Å². The van der Waals surface area contributed by atoms with Crippen molar-refractivity contribution in [2.24, 2.45) is 16.6 Å². The molecule has 0 saturated carbocycles. The van der Waals surface area contributed by atoms with Crippen molar-refractivity contribution < 1.29 is 22.8 Å². The van der Waals surface area contributed by atoms with Crippen LogP contribution in [-0.4, -0.2) is 88.0 Å². The van der Waals surface area contributed by atoms with Crippen molar-refractivity contribution in [3.8, 4) is 0 Å². The van der Waals surface area contributed by atoms with Gasteiger partial charge in [0.25, 0.3) is 0 Å². The smallest absolute Gasteiger partial charge is 0.318 e. The van der Waals surface area contributed by atoms with Gasteiger partial charge in [-0.25, -0.2) is 13.2 Å². The summed E-state index contributed by atoms with van der Waals surface area (Å²) in [5, 5.41) is 10.4. The molecule has 44 heavy (non-hydrogen) atoms. The van der Waals surface area contributed by atoms with Crippen molar-refractivity contribution in [2.75, 3.05) is 39.8 Å². The molecule has 0 bridgehead atoms. The first kappa shape index (κ1) is 38.5. The first-order valence-electron chi connectivity index (χ1n) is 13.9. The fourth-order valence-corrected chi connectivity index (χ4v) is 5.43. The van der Waals surface area contributed by atoms with E-state index < -0.39 is 27.8 Å². The van der Waals surface area contributed by atoms with E-state index in [1.165, 1.54) is 18.2 Å². The minimum atomic E-state index is -3.72. The summed E-state index contributed by atoms with van der Waals surface area (Å²) in [6.45, 7) is 2.70. The van der Waals surface area contributed by atoms with Crippen molar-refractivity contribution in [1.29, 1.82) is 0 Å². The standard InChI is InChI=1S/C29H41N7O5S.2ClH/c1-35-17-19-36(20-18-35)29(38)33-26(13-8-21-41-34-28(30)31)27(37)32-24(15-14-23-9-4-2-5-10-23)16-22-42(39,40)25-11-6-3-7-12-25;;/h2-7,9-12,16,22,24,26H,8,13-15,17-21H2,1H3,(H,32,37)(H,33,38)(H4,30,31,34);2*1H/b22-16+;;/t24-,26-;;/m0../s1. The topological polar surface area (TPSA) is 172 Å². The normalized spacial score (nSPS) is 14.8. The van der Waals surface area contributed by atoms with E-state index >= 15 is 0 Å². The number of nitrogens with two attached hydrogens (primary N) is 2. The summed E-state index contributed by atoms with van der Waals surface area (Å²) in [6, 6.07) is 15.9. The molecule has 2 aromatic rings. The van der Waals surface area contributed by atoms with E-state index in [4.69, 9.17) is 16.3 Å². The maximum absolute atomic E-state index is 13.6. The zero-order valence-electron chi connectivity index (χ0n) is 24.7. The van der Waals surface area contributed by atoms with E-state index in [1.54, 1.807) is 23.1 Å². The van der Waals surface area contributed by atoms with E-state index in [2.05, 4.69) is 20.7 Å². The number of nitrogens with zero attached hydrogens (tertiary/aromatic N) is 3. The number of likely N-dealkylation sites (N-methyl/N-ethyl adjacent to an activating group) is 1. The van der Waals surface area contributed by atoms with Crippen molar-refractivity contribution in [2.45, 2.75) is 42.7 Å². The van der Waals surface area contributed by atoms with Crippen LogP contribution in [0, 0.1) is 0 Å². The Labute approximate surface area is 272 Å². The summed E-state index contributed by atoms with van der Waals surface area (Å²) < 4.78 is 25.8. The maximum atomic E-state index is 13.6. The second-order valence-electron chi connectivity index (χ2n) is 10.1. The average molecular weight is 673 g/mol. The van der Waals surface area contributed by atoms with Gasteiger partial charge >= 0.3 is 6.03 Å².